The Labute approximate surface area is 167 Å². The first kappa shape index (κ1) is 21.4. The standard InChI is InChI=1S/C24H26O4/c1-25-17-5-7-23(19-9-13-21(27-3)14-10-19)24(8-6-18-26-2)20-11-15-22(28-4)16-12-20/h9-16,23-24H,17-18H2,1-4H3. The highest BCUT2D eigenvalue weighted by molar-refractivity contribution is 5.43. The van der Waals surface area contributed by atoms with Crippen LogP contribution in [0.25, 0.3) is 0 Å². The zero-order valence-corrected chi connectivity index (χ0v) is 16.8. The molecule has 0 saturated carbocycles. The van der Waals surface area contributed by atoms with Crippen LogP contribution < -0.4 is 9.47 Å². The Morgan fingerprint density at radius 3 is 1.25 bits per heavy atom. The van der Waals surface area contributed by atoms with Gasteiger partial charge in [-0.15, -0.1) is 0 Å². The molecule has 0 aliphatic heterocycles. The Bertz CT molecular complexity index is 759. The zero-order valence-electron chi connectivity index (χ0n) is 16.8. The number of methoxy groups -OCH3 is 4. The normalized spacial score (nSPS) is 12.0. The van der Waals surface area contributed by atoms with Gasteiger partial charge in [0.2, 0.25) is 0 Å². The SMILES string of the molecule is COCC#CC(c1ccc(OC)cc1)C(C#CCOC)c1ccc(OC)cc1. The second kappa shape index (κ2) is 11.7. The summed E-state index contributed by atoms with van der Waals surface area (Å²) in [6.07, 6.45) is 0. The topological polar surface area (TPSA) is 36.9 Å². The molecule has 0 spiro atoms. The molecule has 0 aliphatic carbocycles. The molecule has 2 aromatic rings. The van der Waals surface area contributed by atoms with Crippen LogP contribution >= 0.6 is 0 Å². The fourth-order valence-corrected chi connectivity index (χ4v) is 2.79. The van der Waals surface area contributed by atoms with E-state index >= 15 is 0 Å². The van der Waals surface area contributed by atoms with Crippen molar-refractivity contribution in [2.45, 2.75) is 11.8 Å². The lowest BCUT2D eigenvalue weighted by Gasteiger charge is -2.20. The lowest BCUT2D eigenvalue weighted by molar-refractivity contribution is 0.239. The summed E-state index contributed by atoms with van der Waals surface area (Å²) < 4.78 is 20.8. The quantitative estimate of drug-likeness (QED) is 0.686. The number of hydrogen-bond donors (Lipinski definition) is 0. The Kier molecular flexibility index (Phi) is 8.95. The number of benzene rings is 2. The first-order valence-corrected chi connectivity index (χ1v) is 8.96. The van der Waals surface area contributed by atoms with Gasteiger partial charge < -0.3 is 18.9 Å². The van der Waals surface area contributed by atoms with Crippen molar-refractivity contribution in [1.29, 1.82) is 0 Å². The van der Waals surface area contributed by atoms with Crippen molar-refractivity contribution in [1.82, 2.24) is 0 Å². The van der Waals surface area contributed by atoms with Crippen LogP contribution in [-0.2, 0) is 9.47 Å². The van der Waals surface area contributed by atoms with E-state index in [1.165, 1.54) is 0 Å². The molecular formula is C24H26O4. The van der Waals surface area contributed by atoms with Crippen LogP contribution in [0.2, 0.25) is 0 Å². The van der Waals surface area contributed by atoms with Crippen LogP contribution in [-0.4, -0.2) is 41.7 Å². The molecule has 4 nitrogen and oxygen atoms in total. The highest BCUT2D eigenvalue weighted by Gasteiger charge is 2.22. The van der Waals surface area contributed by atoms with Crippen molar-refractivity contribution in [3.63, 3.8) is 0 Å². The van der Waals surface area contributed by atoms with Crippen molar-refractivity contribution >= 4 is 0 Å². The average molecular weight is 378 g/mol. The van der Waals surface area contributed by atoms with Gasteiger partial charge in [-0.3, -0.25) is 0 Å². The van der Waals surface area contributed by atoms with Gasteiger partial charge in [0.1, 0.15) is 24.7 Å². The molecule has 0 saturated heterocycles. The van der Waals surface area contributed by atoms with Crippen molar-refractivity contribution in [3.8, 4) is 35.2 Å². The molecule has 2 unspecified atom stereocenters. The van der Waals surface area contributed by atoms with Crippen LogP contribution in [0.5, 0.6) is 11.5 Å². The van der Waals surface area contributed by atoms with Gasteiger partial charge in [-0.05, 0) is 35.4 Å². The average Bonchev–Trinajstić information content (AvgIpc) is 2.75. The van der Waals surface area contributed by atoms with E-state index < -0.39 is 0 Å². The first-order valence-electron chi connectivity index (χ1n) is 8.96. The maximum atomic E-state index is 5.28. The molecule has 2 atom stereocenters. The largest absolute Gasteiger partial charge is 0.497 e. The van der Waals surface area contributed by atoms with E-state index in [0.717, 1.165) is 22.6 Å². The van der Waals surface area contributed by atoms with Crippen molar-refractivity contribution in [2.75, 3.05) is 41.7 Å². The molecule has 2 aromatic carbocycles. The van der Waals surface area contributed by atoms with E-state index in [0.29, 0.717) is 13.2 Å². The third-order valence-electron chi connectivity index (χ3n) is 4.23. The van der Waals surface area contributed by atoms with E-state index in [1.54, 1.807) is 28.4 Å². The number of hydrogen-bond acceptors (Lipinski definition) is 4. The van der Waals surface area contributed by atoms with Crippen molar-refractivity contribution < 1.29 is 18.9 Å². The van der Waals surface area contributed by atoms with E-state index in [9.17, 15) is 0 Å². The molecule has 146 valence electrons. The van der Waals surface area contributed by atoms with Gasteiger partial charge in [-0.1, -0.05) is 47.9 Å². The molecule has 28 heavy (non-hydrogen) atoms. The van der Waals surface area contributed by atoms with E-state index in [2.05, 4.69) is 23.7 Å². The predicted molar refractivity (Wildman–Crippen MR) is 111 cm³/mol. The molecule has 0 aliphatic rings. The Hall–Kier alpha value is -2.92. The van der Waals surface area contributed by atoms with E-state index in [1.807, 2.05) is 48.5 Å². The summed E-state index contributed by atoms with van der Waals surface area (Å²) in [6, 6.07) is 15.9. The minimum atomic E-state index is -0.126. The van der Waals surface area contributed by atoms with Crippen LogP contribution in [0.4, 0.5) is 0 Å². The highest BCUT2D eigenvalue weighted by Crippen LogP contribution is 2.34. The van der Waals surface area contributed by atoms with Crippen LogP contribution in [0, 0.1) is 23.7 Å². The second-order valence-electron chi connectivity index (χ2n) is 6.01. The maximum absolute atomic E-state index is 5.28. The summed E-state index contributed by atoms with van der Waals surface area (Å²) in [5.74, 6) is 14.2. The fourth-order valence-electron chi connectivity index (χ4n) is 2.79. The van der Waals surface area contributed by atoms with Crippen molar-refractivity contribution in [3.05, 3.63) is 59.7 Å². The molecule has 0 N–H and O–H groups in total. The minimum absolute atomic E-state index is 0.126. The Balaban J connectivity index is 2.49. The van der Waals surface area contributed by atoms with E-state index in [4.69, 9.17) is 18.9 Å². The van der Waals surface area contributed by atoms with Gasteiger partial charge in [0, 0.05) is 14.2 Å². The molecule has 0 amide bonds. The van der Waals surface area contributed by atoms with Gasteiger partial charge in [0.15, 0.2) is 0 Å². The smallest absolute Gasteiger partial charge is 0.118 e. The first-order chi connectivity index (χ1) is 13.7. The van der Waals surface area contributed by atoms with Crippen LogP contribution in [0.1, 0.15) is 23.0 Å². The van der Waals surface area contributed by atoms with Gasteiger partial charge in [-0.2, -0.15) is 0 Å². The van der Waals surface area contributed by atoms with Gasteiger partial charge in [-0.25, -0.2) is 0 Å². The number of rotatable bonds is 7. The number of ether oxygens (including phenoxy) is 4. The summed E-state index contributed by atoms with van der Waals surface area (Å²) in [7, 11) is 6.58. The summed E-state index contributed by atoms with van der Waals surface area (Å²) in [5, 5.41) is 0. The molecule has 0 bridgehead atoms. The van der Waals surface area contributed by atoms with Crippen molar-refractivity contribution in [2.24, 2.45) is 0 Å². The highest BCUT2D eigenvalue weighted by atomic mass is 16.5. The minimum Gasteiger partial charge on any atom is -0.497 e. The lowest BCUT2D eigenvalue weighted by atomic mass is 9.82. The third-order valence-corrected chi connectivity index (χ3v) is 4.23. The Morgan fingerprint density at radius 1 is 0.607 bits per heavy atom. The van der Waals surface area contributed by atoms with Gasteiger partial charge >= 0.3 is 0 Å². The molecular weight excluding hydrogens is 352 g/mol. The molecule has 0 fully saturated rings. The molecule has 0 heterocycles. The predicted octanol–water partition coefficient (Wildman–Crippen LogP) is 3.87. The summed E-state index contributed by atoms with van der Waals surface area (Å²) in [4.78, 5) is 0. The third kappa shape index (κ3) is 6.06. The molecule has 2 rings (SSSR count). The van der Waals surface area contributed by atoms with Crippen LogP contribution in [0.15, 0.2) is 48.5 Å². The van der Waals surface area contributed by atoms with Gasteiger partial charge in [0.25, 0.3) is 0 Å². The maximum Gasteiger partial charge on any atom is 0.118 e. The monoisotopic (exact) mass is 378 g/mol. The summed E-state index contributed by atoms with van der Waals surface area (Å²) in [6.45, 7) is 0.737. The lowest BCUT2D eigenvalue weighted by Crippen LogP contribution is -2.09. The van der Waals surface area contributed by atoms with Gasteiger partial charge in [0.05, 0.1) is 26.1 Å². The fraction of sp³-hybridized carbons (Fsp3) is 0.333. The molecule has 0 aromatic heterocycles. The molecule has 0 radical (unpaired) electrons. The van der Waals surface area contributed by atoms with E-state index in [-0.39, 0.29) is 11.8 Å². The molecule has 4 heteroatoms. The zero-order chi connectivity index (χ0) is 20.2. The Morgan fingerprint density at radius 2 is 0.964 bits per heavy atom. The second-order valence-corrected chi connectivity index (χ2v) is 6.01. The summed E-state index contributed by atoms with van der Waals surface area (Å²) in [5.41, 5.74) is 2.13. The van der Waals surface area contributed by atoms with Crippen LogP contribution in [0.3, 0.4) is 0 Å². The summed E-state index contributed by atoms with van der Waals surface area (Å²) >= 11 is 0.